The van der Waals surface area contributed by atoms with Gasteiger partial charge in [0.2, 0.25) is 0 Å². The molecule has 0 aliphatic carbocycles. The largest absolute Gasteiger partial charge is 0.384 e. The minimum atomic E-state index is 0.119. The number of anilines is 2. The van der Waals surface area contributed by atoms with E-state index in [-0.39, 0.29) is 6.04 Å². The molecule has 16 heavy (non-hydrogen) atoms. The third-order valence-electron chi connectivity index (χ3n) is 2.06. The van der Waals surface area contributed by atoms with E-state index in [4.69, 9.17) is 5.73 Å². The highest BCUT2D eigenvalue weighted by Gasteiger charge is 2.09. The van der Waals surface area contributed by atoms with E-state index in [0.29, 0.717) is 11.6 Å². The van der Waals surface area contributed by atoms with Crippen LogP contribution in [0.25, 0.3) is 0 Å². The van der Waals surface area contributed by atoms with Gasteiger partial charge in [0, 0.05) is 17.1 Å². The second-order valence-corrected chi connectivity index (χ2v) is 4.77. The monoisotopic (exact) mass is 235 g/mol. The van der Waals surface area contributed by atoms with Crippen molar-refractivity contribution in [3.05, 3.63) is 28.5 Å². The third kappa shape index (κ3) is 2.46. The van der Waals surface area contributed by atoms with E-state index in [1.165, 1.54) is 11.2 Å². The first kappa shape index (κ1) is 10.8. The smallest absolute Gasteiger partial charge is 0.132 e. The molecule has 2 aromatic rings. The number of rotatable bonds is 3. The number of hydrogen-bond acceptors (Lipinski definition) is 6. The molecule has 2 rings (SSSR count). The lowest BCUT2D eigenvalue weighted by atomic mass is 10.3. The molecule has 0 saturated carbocycles. The van der Waals surface area contributed by atoms with Gasteiger partial charge >= 0.3 is 0 Å². The molecule has 5 nitrogen and oxygen atoms in total. The molecule has 2 aromatic heterocycles. The van der Waals surface area contributed by atoms with Gasteiger partial charge in [0.25, 0.3) is 0 Å². The van der Waals surface area contributed by atoms with Crippen LogP contribution in [-0.4, -0.2) is 15.0 Å². The number of nitrogens with zero attached hydrogens (tertiary/aromatic N) is 3. The average Bonchev–Trinajstić information content (AvgIpc) is 2.65. The van der Waals surface area contributed by atoms with Crippen LogP contribution in [0.2, 0.25) is 0 Å². The lowest BCUT2D eigenvalue weighted by molar-refractivity contribution is 0.859. The maximum absolute atomic E-state index is 5.57. The van der Waals surface area contributed by atoms with Gasteiger partial charge in [-0.15, -0.1) is 11.3 Å². The summed E-state index contributed by atoms with van der Waals surface area (Å²) in [7, 11) is 0. The van der Waals surface area contributed by atoms with Crippen LogP contribution in [0.1, 0.15) is 22.9 Å². The Balaban J connectivity index is 2.10. The minimum absolute atomic E-state index is 0.119. The van der Waals surface area contributed by atoms with Gasteiger partial charge in [-0.3, -0.25) is 0 Å². The van der Waals surface area contributed by atoms with Crippen LogP contribution in [0, 0.1) is 6.92 Å². The molecule has 2 heterocycles. The van der Waals surface area contributed by atoms with Gasteiger partial charge in [0.1, 0.15) is 23.0 Å². The van der Waals surface area contributed by atoms with Gasteiger partial charge < -0.3 is 11.1 Å². The van der Waals surface area contributed by atoms with E-state index >= 15 is 0 Å². The van der Waals surface area contributed by atoms with E-state index in [2.05, 4.69) is 20.3 Å². The van der Waals surface area contributed by atoms with Crippen LogP contribution >= 0.6 is 11.3 Å². The summed E-state index contributed by atoms with van der Waals surface area (Å²) in [5.41, 5.74) is 5.57. The van der Waals surface area contributed by atoms with Crippen LogP contribution in [0.4, 0.5) is 11.6 Å². The summed E-state index contributed by atoms with van der Waals surface area (Å²) in [5, 5.41) is 4.27. The molecule has 0 saturated heterocycles. The Hall–Kier alpha value is -1.69. The highest BCUT2D eigenvalue weighted by Crippen LogP contribution is 2.22. The molecule has 0 radical (unpaired) electrons. The lowest BCUT2D eigenvalue weighted by Crippen LogP contribution is -2.08. The zero-order chi connectivity index (χ0) is 11.5. The van der Waals surface area contributed by atoms with Crippen molar-refractivity contribution in [3.8, 4) is 0 Å². The van der Waals surface area contributed by atoms with E-state index < -0.39 is 0 Å². The average molecular weight is 235 g/mol. The Morgan fingerprint density at radius 3 is 2.81 bits per heavy atom. The zero-order valence-electron chi connectivity index (χ0n) is 9.14. The number of hydrogen-bond donors (Lipinski definition) is 2. The molecular formula is C10H13N5S. The summed E-state index contributed by atoms with van der Waals surface area (Å²) in [6.45, 7) is 4.08. The summed E-state index contributed by atoms with van der Waals surface area (Å²) in [6.07, 6.45) is 3.31. The maximum atomic E-state index is 5.57. The topological polar surface area (TPSA) is 76.7 Å². The molecule has 1 atom stereocenters. The van der Waals surface area contributed by atoms with Crippen LogP contribution < -0.4 is 11.1 Å². The van der Waals surface area contributed by atoms with Crippen LogP contribution in [-0.2, 0) is 0 Å². The quantitative estimate of drug-likeness (QED) is 0.850. The Morgan fingerprint density at radius 2 is 2.19 bits per heavy atom. The molecule has 6 heteroatoms. The molecular weight excluding hydrogens is 222 g/mol. The Bertz CT molecular complexity index is 482. The predicted octanol–water partition coefficient (Wildman–Crippen LogP) is 2.00. The molecule has 0 bridgehead atoms. The van der Waals surface area contributed by atoms with Crippen molar-refractivity contribution in [2.24, 2.45) is 0 Å². The fourth-order valence-electron chi connectivity index (χ4n) is 1.31. The normalized spacial score (nSPS) is 12.4. The van der Waals surface area contributed by atoms with E-state index in [1.54, 1.807) is 17.4 Å². The third-order valence-corrected chi connectivity index (χ3v) is 3.16. The number of thiazole rings is 1. The molecule has 0 aromatic carbocycles. The van der Waals surface area contributed by atoms with Crippen molar-refractivity contribution in [3.63, 3.8) is 0 Å². The van der Waals surface area contributed by atoms with Crippen molar-refractivity contribution in [1.29, 1.82) is 0 Å². The van der Waals surface area contributed by atoms with Crippen LogP contribution in [0.15, 0.2) is 18.6 Å². The summed E-state index contributed by atoms with van der Waals surface area (Å²) in [4.78, 5) is 13.4. The van der Waals surface area contributed by atoms with E-state index in [0.717, 1.165) is 5.01 Å². The van der Waals surface area contributed by atoms with Gasteiger partial charge in [0.05, 0.1) is 6.04 Å². The first-order valence-corrected chi connectivity index (χ1v) is 5.73. The van der Waals surface area contributed by atoms with Crippen molar-refractivity contribution < 1.29 is 0 Å². The van der Waals surface area contributed by atoms with Crippen LogP contribution in [0.5, 0.6) is 0 Å². The number of aryl methyl sites for hydroxylation is 1. The molecule has 0 fully saturated rings. The second-order valence-electron chi connectivity index (χ2n) is 3.50. The Kier molecular flexibility index (Phi) is 3.00. The summed E-state index contributed by atoms with van der Waals surface area (Å²) >= 11 is 1.67. The van der Waals surface area contributed by atoms with Gasteiger partial charge in [0.15, 0.2) is 0 Å². The summed E-state index contributed by atoms with van der Waals surface area (Å²) < 4.78 is 0. The van der Waals surface area contributed by atoms with E-state index in [9.17, 15) is 0 Å². The number of nitrogens with one attached hydrogen (secondary N) is 1. The first-order chi connectivity index (χ1) is 7.65. The molecule has 0 spiro atoms. The maximum Gasteiger partial charge on any atom is 0.132 e. The van der Waals surface area contributed by atoms with Crippen molar-refractivity contribution >= 4 is 23.0 Å². The number of aromatic nitrogens is 3. The SMILES string of the molecule is Cc1cnc(C(C)Nc2cc(N)ncn2)s1. The minimum Gasteiger partial charge on any atom is -0.384 e. The lowest BCUT2D eigenvalue weighted by Gasteiger charge is -2.11. The fraction of sp³-hybridized carbons (Fsp3) is 0.300. The molecule has 0 amide bonds. The van der Waals surface area contributed by atoms with Gasteiger partial charge in [-0.1, -0.05) is 0 Å². The van der Waals surface area contributed by atoms with Crippen molar-refractivity contribution in [2.45, 2.75) is 19.9 Å². The molecule has 0 aliphatic heterocycles. The summed E-state index contributed by atoms with van der Waals surface area (Å²) in [5.74, 6) is 1.17. The van der Waals surface area contributed by atoms with E-state index in [1.807, 2.05) is 20.0 Å². The fourth-order valence-corrected chi connectivity index (χ4v) is 2.08. The first-order valence-electron chi connectivity index (χ1n) is 4.91. The Labute approximate surface area is 97.8 Å². The standard InChI is InChI=1S/C10H13N5S/c1-6-4-12-10(16-6)7(2)15-9-3-8(11)13-5-14-9/h3-5,7H,1-2H3,(H3,11,13,14,15). The van der Waals surface area contributed by atoms with Gasteiger partial charge in [-0.25, -0.2) is 15.0 Å². The zero-order valence-corrected chi connectivity index (χ0v) is 9.95. The van der Waals surface area contributed by atoms with Crippen molar-refractivity contribution in [1.82, 2.24) is 15.0 Å². The van der Waals surface area contributed by atoms with Gasteiger partial charge in [-0.2, -0.15) is 0 Å². The van der Waals surface area contributed by atoms with Crippen LogP contribution in [0.3, 0.4) is 0 Å². The number of nitrogens with two attached hydrogens (primary N) is 1. The second kappa shape index (κ2) is 4.44. The Morgan fingerprint density at radius 1 is 1.38 bits per heavy atom. The summed E-state index contributed by atoms with van der Waals surface area (Å²) in [6, 6.07) is 1.82. The van der Waals surface area contributed by atoms with Crippen molar-refractivity contribution in [2.75, 3.05) is 11.1 Å². The molecule has 0 aliphatic rings. The predicted molar refractivity (Wildman–Crippen MR) is 65.3 cm³/mol. The highest BCUT2D eigenvalue weighted by atomic mass is 32.1. The number of nitrogen functional groups attached to an aromatic ring is 1. The highest BCUT2D eigenvalue weighted by molar-refractivity contribution is 7.11. The molecule has 84 valence electrons. The molecule has 1 unspecified atom stereocenters. The van der Waals surface area contributed by atoms with Gasteiger partial charge in [-0.05, 0) is 13.8 Å². The molecule has 3 N–H and O–H groups in total.